The number of hydrogen-bond acceptors (Lipinski definition) is 2. The van der Waals surface area contributed by atoms with Crippen LogP contribution >= 0.6 is 0 Å². The van der Waals surface area contributed by atoms with E-state index in [0.717, 1.165) is 11.8 Å². The minimum absolute atomic E-state index is 0.498. The molecule has 0 bridgehead atoms. The molecule has 0 aromatic heterocycles. The third-order valence-electron chi connectivity index (χ3n) is 3.61. The molecule has 0 unspecified atom stereocenters. The monoisotopic (exact) mass is 168 g/mol. The quantitative estimate of drug-likeness (QED) is 0.586. The summed E-state index contributed by atoms with van der Waals surface area (Å²) < 4.78 is 0. The normalized spacial score (nSPS) is 44.0. The lowest BCUT2D eigenvalue weighted by atomic mass is 9.73. The lowest BCUT2D eigenvalue weighted by Crippen LogP contribution is -2.44. The van der Waals surface area contributed by atoms with Crippen LogP contribution in [0.15, 0.2) is 0 Å². The van der Waals surface area contributed by atoms with Gasteiger partial charge in [-0.3, -0.25) is 0 Å². The molecule has 2 aliphatic rings. The Bertz CT molecular complexity index is 142. The first kappa shape index (κ1) is 8.52. The molecule has 0 amide bonds. The predicted molar refractivity (Wildman–Crippen MR) is 50.9 cm³/mol. The second-order valence-electron chi connectivity index (χ2n) is 4.64. The first-order valence-electron chi connectivity index (χ1n) is 5.20. The number of nitrogens with two attached hydrogens (primary N) is 1. The summed E-state index contributed by atoms with van der Waals surface area (Å²) in [6.45, 7) is 2.59. The highest BCUT2D eigenvalue weighted by Crippen LogP contribution is 2.34. The molecular weight excluding hydrogens is 148 g/mol. The van der Waals surface area contributed by atoms with Gasteiger partial charge in [-0.1, -0.05) is 0 Å². The fourth-order valence-electron chi connectivity index (χ4n) is 2.84. The summed E-state index contributed by atoms with van der Waals surface area (Å²) in [4.78, 5) is 2.46. The summed E-state index contributed by atoms with van der Waals surface area (Å²) >= 11 is 0. The molecule has 1 heterocycles. The van der Waals surface area contributed by atoms with Gasteiger partial charge < -0.3 is 10.6 Å². The van der Waals surface area contributed by atoms with Gasteiger partial charge in [0.15, 0.2) is 0 Å². The van der Waals surface area contributed by atoms with Crippen LogP contribution in [-0.2, 0) is 0 Å². The molecule has 0 aromatic carbocycles. The first-order chi connectivity index (χ1) is 5.75. The fourth-order valence-corrected chi connectivity index (χ4v) is 2.84. The largest absolute Gasteiger partial charge is 0.328 e. The van der Waals surface area contributed by atoms with Crippen LogP contribution in [0.2, 0.25) is 0 Å². The number of nitrogens with zero attached hydrogens (tertiary/aromatic N) is 1. The molecule has 2 nitrogen and oxygen atoms in total. The van der Waals surface area contributed by atoms with Gasteiger partial charge >= 0.3 is 0 Å². The Morgan fingerprint density at radius 1 is 1.17 bits per heavy atom. The molecule has 12 heavy (non-hydrogen) atoms. The van der Waals surface area contributed by atoms with Crippen LogP contribution in [0.3, 0.4) is 0 Å². The van der Waals surface area contributed by atoms with E-state index in [4.69, 9.17) is 5.73 Å². The van der Waals surface area contributed by atoms with Crippen molar-refractivity contribution in [3.8, 4) is 0 Å². The number of likely N-dealkylation sites (tertiary alicyclic amines) is 1. The number of rotatable bonds is 0. The minimum Gasteiger partial charge on any atom is -0.328 e. The Morgan fingerprint density at radius 3 is 2.83 bits per heavy atom. The zero-order chi connectivity index (χ0) is 8.55. The fraction of sp³-hybridized carbons (Fsp3) is 1.00. The Hall–Kier alpha value is -0.0800. The SMILES string of the molecule is CN1CC[C@@H]2CC[C@@H](N)C[C@@H]2C1. The van der Waals surface area contributed by atoms with E-state index in [1.54, 1.807) is 0 Å². The van der Waals surface area contributed by atoms with E-state index in [2.05, 4.69) is 11.9 Å². The molecule has 2 rings (SSSR count). The molecule has 1 saturated carbocycles. The van der Waals surface area contributed by atoms with Crippen molar-refractivity contribution in [3.05, 3.63) is 0 Å². The van der Waals surface area contributed by atoms with Gasteiger partial charge in [-0.05, 0) is 51.1 Å². The zero-order valence-electron chi connectivity index (χ0n) is 8.00. The topological polar surface area (TPSA) is 29.3 Å². The zero-order valence-corrected chi connectivity index (χ0v) is 8.00. The van der Waals surface area contributed by atoms with Crippen LogP contribution in [-0.4, -0.2) is 31.1 Å². The molecule has 0 aromatic rings. The molecule has 2 fully saturated rings. The third kappa shape index (κ3) is 1.64. The van der Waals surface area contributed by atoms with Crippen molar-refractivity contribution in [2.45, 2.75) is 31.7 Å². The van der Waals surface area contributed by atoms with Crippen LogP contribution in [0, 0.1) is 11.8 Å². The maximum absolute atomic E-state index is 5.97. The molecule has 3 atom stereocenters. The highest BCUT2D eigenvalue weighted by Gasteiger charge is 2.32. The minimum atomic E-state index is 0.498. The van der Waals surface area contributed by atoms with Crippen LogP contribution in [0.1, 0.15) is 25.7 Å². The van der Waals surface area contributed by atoms with Crippen LogP contribution in [0.4, 0.5) is 0 Å². The highest BCUT2D eigenvalue weighted by atomic mass is 15.1. The van der Waals surface area contributed by atoms with Crippen molar-refractivity contribution < 1.29 is 0 Å². The molecule has 2 N–H and O–H groups in total. The summed E-state index contributed by atoms with van der Waals surface area (Å²) in [5.74, 6) is 1.91. The molecule has 0 radical (unpaired) electrons. The second kappa shape index (κ2) is 3.35. The summed E-state index contributed by atoms with van der Waals surface area (Å²) in [6.07, 6.45) is 5.34. The molecule has 1 aliphatic heterocycles. The number of piperidine rings is 1. The molecule has 0 spiro atoms. The maximum Gasteiger partial charge on any atom is 0.00421 e. The standard InChI is InChI=1S/C10H20N2/c1-12-5-4-8-2-3-10(11)6-9(8)7-12/h8-10H,2-7,11H2,1H3/t8-,9+,10+/m0/s1. The molecule has 1 saturated heterocycles. The van der Waals surface area contributed by atoms with Crippen molar-refractivity contribution in [2.24, 2.45) is 17.6 Å². The average molecular weight is 168 g/mol. The second-order valence-corrected chi connectivity index (χ2v) is 4.64. The van der Waals surface area contributed by atoms with Gasteiger partial charge in [-0.15, -0.1) is 0 Å². The van der Waals surface area contributed by atoms with Crippen LogP contribution in [0.25, 0.3) is 0 Å². The number of fused-ring (bicyclic) bond motifs is 1. The van der Waals surface area contributed by atoms with Crippen LogP contribution < -0.4 is 5.73 Å². The third-order valence-corrected chi connectivity index (χ3v) is 3.61. The van der Waals surface area contributed by atoms with Crippen molar-refractivity contribution in [1.82, 2.24) is 4.90 Å². The summed E-state index contributed by atoms with van der Waals surface area (Å²) in [5.41, 5.74) is 5.97. The summed E-state index contributed by atoms with van der Waals surface area (Å²) in [7, 11) is 2.23. The van der Waals surface area contributed by atoms with Gasteiger partial charge in [0.05, 0.1) is 0 Å². The van der Waals surface area contributed by atoms with Gasteiger partial charge in [0.2, 0.25) is 0 Å². The van der Waals surface area contributed by atoms with Gasteiger partial charge in [-0.2, -0.15) is 0 Å². The Labute approximate surface area is 75.1 Å². The summed E-state index contributed by atoms with van der Waals surface area (Å²) in [6, 6.07) is 0.498. The average Bonchev–Trinajstić information content (AvgIpc) is 2.03. The van der Waals surface area contributed by atoms with Crippen LogP contribution in [0.5, 0.6) is 0 Å². The highest BCUT2D eigenvalue weighted by molar-refractivity contribution is 4.86. The van der Waals surface area contributed by atoms with Crippen molar-refractivity contribution in [2.75, 3.05) is 20.1 Å². The van der Waals surface area contributed by atoms with E-state index in [0.29, 0.717) is 6.04 Å². The predicted octanol–water partition coefficient (Wildman–Crippen LogP) is 1.07. The Balaban J connectivity index is 1.94. The van der Waals surface area contributed by atoms with E-state index in [-0.39, 0.29) is 0 Å². The molecule has 1 aliphatic carbocycles. The lowest BCUT2D eigenvalue weighted by Gasteiger charge is -2.41. The van der Waals surface area contributed by atoms with Gasteiger partial charge in [0, 0.05) is 12.6 Å². The summed E-state index contributed by atoms with van der Waals surface area (Å²) in [5, 5.41) is 0. The van der Waals surface area contributed by atoms with E-state index in [1.165, 1.54) is 38.8 Å². The van der Waals surface area contributed by atoms with E-state index in [1.807, 2.05) is 0 Å². The van der Waals surface area contributed by atoms with Gasteiger partial charge in [-0.25, -0.2) is 0 Å². The van der Waals surface area contributed by atoms with Crippen molar-refractivity contribution in [1.29, 1.82) is 0 Å². The Kier molecular flexibility index (Phi) is 2.37. The van der Waals surface area contributed by atoms with E-state index in [9.17, 15) is 0 Å². The van der Waals surface area contributed by atoms with E-state index >= 15 is 0 Å². The number of hydrogen-bond donors (Lipinski definition) is 1. The van der Waals surface area contributed by atoms with Crippen molar-refractivity contribution >= 4 is 0 Å². The molecular formula is C10H20N2. The first-order valence-corrected chi connectivity index (χ1v) is 5.20. The van der Waals surface area contributed by atoms with Crippen molar-refractivity contribution in [3.63, 3.8) is 0 Å². The molecule has 2 heteroatoms. The molecule has 70 valence electrons. The van der Waals surface area contributed by atoms with Gasteiger partial charge in [0.1, 0.15) is 0 Å². The maximum atomic E-state index is 5.97. The Morgan fingerprint density at radius 2 is 2.00 bits per heavy atom. The smallest absolute Gasteiger partial charge is 0.00421 e. The van der Waals surface area contributed by atoms with Gasteiger partial charge in [0.25, 0.3) is 0 Å². The lowest BCUT2D eigenvalue weighted by molar-refractivity contribution is 0.0966. The van der Waals surface area contributed by atoms with E-state index < -0.39 is 0 Å².